The zero-order valence-corrected chi connectivity index (χ0v) is 13.4. The van der Waals surface area contributed by atoms with E-state index in [2.05, 4.69) is 15.0 Å². The minimum atomic E-state index is 0.0882. The minimum Gasteiger partial charge on any atom is -0.493 e. The van der Waals surface area contributed by atoms with Crippen LogP contribution in [0.1, 0.15) is 17.1 Å². The van der Waals surface area contributed by atoms with Crippen LogP contribution in [0.5, 0.6) is 5.88 Å². The van der Waals surface area contributed by atoms with Crippen LogP contribution in [0.3, 0.4) is 0 Å². The molecule has 0 atom stereocenters. The molecule has 4 rings (SSSR count). The van der Waals surface area contributed by atoms with Gasteiger partial charge in [-0.3, -0.25) is 4.57 Å². The van der Waals surface area contributed by atoms with Crippen molar-refractivity contribution in [2.45, 2.75) is 13.8 Å². The second kappa shape index (κ2) is 5.45. The second-order valence-corrected chi connectivity index (χ2v) is 5.75. The molecule has 5 heteroatoms. The topological polar surface area (TPSA) is 62.8 Å². The van der Waals surface area contributed by atoms with Gasteiger partial charge < -0.3 is 5.11 Å². The third-order valence-corrected chi connectivity index (χ3v) is 3.96. The largest absolute Gasteiger partial charge is 0.493 e. The van der Waals surface area contributed by atoms with E-state index >= 15 is 0 Å². The fourth-order valence-corrected chi connectivity index (χ4v) is 2.75. The Morgan fingerprint density at radius 1 is 0.917 bits per heavy atom. The molecule has 118 valence electrons. The molecule has 0 amide bonds. The molecule has 1 aliphatic heterocycles. The molecule has 0 unspecified atom stereocenters. The number of aromatic nitrogens is 2. The number of fused-ring (bicyclic) bond motifs is 1. The first-order chi connectivity index (χ1) is 11.6. The second-order valence-electron chi connectivity index (χ2n) is 5.75. The van der Waals surface area contributed by atoms with Crippen molar-refractivity contribution in [1.82, 2.24) is 9.55 Å². The first-order valence-corrected chi connectivity index (χ1v) is 7.71. The lowest BCUT2D eigenvalue weighted by molar-refractivity contribution is 0.440. The van der Waals surface area contributed by atoms with Gasteiger partial charge in [0.25, 0.3) is 0 Å². The number of nitrogens with zero attached hydrogens (tertiary/aromatic N) is 4. The zero-order valence-electron chi connectivity index (χ0n) is 13.4. The predicted octanol–water partition coefficient (Wildman–Crippen LogP) is 2.45. The fraction of sp³-hybridized carbons (Fsp3) is 0.105. The van der Waals surface area contributed by atoms with Gasteiger partial charge in [0.05, 0.1) is 16.4 Å². The number of benzene rings is 2. The third kappa shape index (κ3) is 2.40. The predicted molar refractivity (Wildman–Crippen MR) is 91.4 cm³/mol. The molecule has 0 aliphatic carbocycles. The van der Waals surface area contributed by atoms with Crippen LogP contribution in [0, 0.1) is 13.8 Å². The number of para-hydroxylation sites is 2. The van der Waals surface area contributed by atoms with Gasteiger partial charge >= 0.3 is 0 Å². The van der Waals surface area contributed by atoms with Crippen molar-refractivity contribution in [3.8, 4) is 11.6 Å². The zero-order chi connectivity index (χ0) is 16.7. The maximum atomic E-state index is 10.6. The van der Waals surface area contributed by atoms with Gasteiger partial charge in [0.15, 0.2) is 5.82 Å². The van der Waals surface area contributed by atoms with E-state index in [1.807, 2.05) is 62.4 Å². The first-order valence-electron chi connectivity index (χ1n) is 7.71. The van der Waals surface area contributed by atoms with Gasteiger partial charge in [-0.25, -0.2) is 15.0 Å². The Morgan fingerprint density at radius 3 is 2.17 bits per heavy atom. The van der Waals surface area contributed by atoms with Crippen molar-refractivity contribution < 1.29 is 5.11 Å². The molecule has 0 saturated carbocycles. The number of aryl methyl sites for hydroxylation is 2. The quantitative estimate of drug-likeness (QED) is 0.789. The van der Waals surface area contributed by atoms with Gasteiger partial charge in [-0.2, -0.15) is 0 Å². The van der Waals surface area contributed by atoms with E-state index in [1.54, 1.807) is 10.6 Å². The van der Waals surface area contributed by atoms with E-state index in [-0.39, 0.29) is 5.88 Å². The normalized spacial score (nSPS) is 12.5. The Hall–Kier alpha value is -3.21. The monoisotopic (exact) mass is 316 g/mol. The van der Waals surface area contributed by atoms with Crippen molar-refractivity contribution in [2.24, 2.45) is 9.98 Å². The standard InChI is InChI=1S/C19H16N4O/c1-12-7-9-14(10-8-12)23-13(2)20-17(19(23)24)11-18-21-15-5-3-4-6-16(15)22-18/h3-11,24H,1-2H3. The van der Waals surface area contributed by atoms with Crippen LogP contribution >= 0.6 is 0 Å². The van der Waals surface area contributed by atoms with Crippen LogP contribution in [-0.4, -0.2) is 14.7 Å². The highest BCUT2D eigenvalue weighted by Gasteiger charge is 2.15. The summed E-state index contributed by atoms with van der Waals surface area (Å²) in [6.45, 7) is 3.89. The fourth-order valence-electron chi connectivity index (χ4n) is 2.75. The van der Waals surface area contributed by atoms with Gasteiger partial charge in [-0.05, 0) is 38.1 Å². The molecule has 3 aromatic rings. The Balaban J connectivity index is 1.79. The average Bonchev–Trinajstić information content (AvgIpc) is 3.09. The summed E-state index contributed by atoms with van der Waals surface area (Å²) in [4.78, 5) is 13.3. The SMILES string of the molecule is Cc1ccc(-n2c(C)nc(C=C3N=c4ccccc4=N3)c2O)cc1. The molecular weight excluding hydrogens is 300 g/mol. The highest BCUT2D eigenvalue weighted by atomic mass is 16.3. The van der Waals surface area contributed by atoms with Gasteiger partial charge in [-0.15, -0.1) is 0 Å². The van der Waals surface area contributed by atoms with Crippen LogP contribution in [0.2, 0.25) is 0 Å². The van der Waals surface area contributed by atoms with Crippen LogP contribution in [0.15, 0.2) is 64.3 Å². The van der Waals surface area contributed by atoms with Crippen LogP contribution in [0.25, 0.3) is 11.8 Å². The molecule has 2 aromatic carbocycles. The highest BCUT2D eigenvalue weighted by Crippen LogP contribution is 2.26. The summed E-state index contributed by atoms with van der Waals surface area (Å²) >= 11 is 0. The summed E-state index contributed by atoms with van der Waals surface area (Å²) in [5, 5.41) is 12.2. The van der Waals surface area contributed by atoms with Crippen molar-refractivity contribution in [2.75, 3.05) is 0 Å². The van der Waals surface area contributed by atoms with E-state index in [1.165, 1.54) is 5.56 Å². The van der Waals surface area contributed by atoms with Crippen LogP contribution in [0.4, 0.5) is 0 Å². The molecule has 0 radical (unpaired) electrons. The minimum absolute atomic E-state index is 0.0882. The van der Waals surface area contributed by atoms with Gasteiger partial charge in [-0.1, -0.05) is 29.8 Å². The summed E-state index contributed by atoms with van der Waals surface area (Å²) in [6, 6.07) is 15.6. The summed E-state index contributed by atoms with van der Waals surface area (Å²) in [5.41, 5.74) is 2.50. The summed E-state index contributed by atoms with van der Waals surface area (Å²) in [6.07, 6.45) is 1.70. The molecular formula is C19H16N4O. The van der Waals surface area contributed by atoms with E-state index in [4.69, 9.17) is 0 Å². The number of hydrogen-bond donors (Lipinski definition) is 1. The molecule has 0 spiro atoms. The molecule has 2 heterocycles. The molecule has 5 nitrogen and oxygen atoms in total. The van der Waals surface area contributed by atoms with Crippen molar-refractivity contribution >= 4 is 6.08 Å². The maximum absolute atomic E-state index is 10.6. The Morgan fingerprint density at radius 2 is 1.54 bits per heavy atom. The van der Waals surface area contributed by atoms with E-state index in [0.717, 1.165) is 16.4 Å². The molecule has 1 N–H and O–H groups in total. The molecule has 0 bridgehead atoms. The molecule has 24 heavy (non-hydrogen) atoms. The van der Waals surface area contributed by atoms with Crippen LogP contribution in [-0.2, 0) is 0 Å². The van der Waals surface area contributed by atoms with Crippen molar-refractivity contribution in [3.63, 3.8) is 0 Å². The summed E-state index contributed by atoms with van der Waals surface area (Å²) in [5.74, 6) is 1.34. The molecule has 0 saturated heterocycles. The Labute approximate surface area is 139 Å². The highest BCUT2D eigenvalue weighted by molar-refractivity contribution is 5.57. The van der Waals surface area contributed by atoms with Gasteiger partial charge in [0, 0.05) is 6.08 Å². The molecule has 1 aromatic heterocycles. The lowest BCUT2D eigenvalue weighted by Crippen LogP contribution is -2.19. The first kappa shape index (κ1) is 14.4. The van der Waals surface area contributed by atoms with Gasteiger partial charge in [0.1, 0.15) is 11.5 Å². The number of imidazole rings is 1. The Bertz CT molecular complexity index is 1040. The third-order valence-electron chi connectivity index (χ3n) is 3.96. The lowest BCUT2D eigenvalue weighted by Gasteiger charge is -2.06. The molecule has 1 aliphatic rings. The van der Waals surface area contributed by atoms with E-state index in [0.29, 0.717) is 17.3 Å². The number of aromatic hydroxyl groups is 1. The van der Waals surface area contributed by atoms with E-state index in [9.17, 15) is 5.11 Å². The molecule has 0 fully saturated rings. The summed E-state index contributed by atoms with van der Waals surface area (Å²) in [7, 11) is 0. The summed E-state index contributed by atoms with van der Waals surface area (Å²) < 4.78 is 1.72. The Kier molecular flexibility index (Phi) is 3.27. The smallest absolute Gasteiger partial charge is 0.223 e. The van der Waals surface area contributed by atoms with Crippen LogP contribution < -0.4 is 10.7 Å². The van der Waals surface area contributed by atoms with Crippen molar-refractivity contribution in [3.05, 3.63) is 82.1 Å². The lowest BCUT2D eigenvalue weighted by atomic mass is 10.2. The number of rotatable bonds is 2. The van der Waals surface area contributed by atoms with E-state index < -0.39 is 0 Å². The number of hydrogen-bond acceptors (Lipinski definition) is 4. The van der Waals surface area contributed by atoms with Crippen molar-refractivity contribution in [1.29, 1.82) is 0 Å². The average molecular weight is 316 g/mol. The maximum Gasteiger partial charge on any atom is 0.223 e. The van der Waals surface area contributed by atoms with Gasteiger partial charge in [0.2, 0.25) is 5.88 Å².